The van der Waals surface area contributed by atoms with Gasteiger partial charge in [-0.15, -0.1) is 0 Å². The number of aryl methyl sites for hydroxylation is 1. The van der Waals surface area contributed by atoms with Gasteiger partial charge in [0.05, 0.1) is 7.11 Å². The minimum absolute atomic E-state index is 0.263. The van der Waals surface area contributed by atoms with Gasteiger partial charge in [0, 0.05) is 17.3 Å². The number of rotatable bonds is 6. The summed E-state index contributed by atoms with van der Waals surface area (Å²) >= 11 is 3.42. The Balaban J connectivity index is 1.85. The van der Waals surface area contributed by atoms with Crippen LogP contribution in [0.25, 0.3) is 0 Å². The van der Waals surface area contributed by atoms with Gasteiger partial charge in [0.2, 0.25) is 0 Å². The van der Waals surface area contributed by atoms with E-state index in [1.54, 1.807) is 7.11 Å². The number of ether oxygens (including phenoxy) is 1. The van der Waals surface area contributed by atoms with E-state index in [0.29, 0.717) is 12.8 Å². The molecule has 2 aromatic rings. The summed E-state index contributed by atoms with van der Waals surface area (Å²) in [7, 11) is 1.65. The zero-order chi connectivity index (χ0) is 14.4. The number of carbonyl (C=O) groups excluding carboxylic acids is 1. The Hall–Kier alpha value is -1.61. The third-order valence-electron chi connectivity index (χ3n) is 3.14. The largest absolute Gasteiger partial charge is 0.497 e. The van der Waals surface area contributed by atoms with Gasteiger partial charge >= 0.3 is 0 Å². The van der Waals surface area contributed by atoms with E-state index < -0.39 is 0 Å². The van der Waals surface area contributed by atoms with Crippen LogP contribution in [-0.4, -0.2) is 12.9 Å². The summed E-state index contributed by atoms with van der Waals surface area (Å²) in [4.78, 5) is 12.0. The monoisotopic (exact) mass is 332 g/mol. The van der Waals surface area contributed by atoms with Gasteiger partial charge in [-0.05, 0) is 41.8 Å². The molecule has 0 atom stereocenters. The molecule has 0 saturated heterocycles. The molecule has 0 N–H and O–H groups in total. The van der Waals surface area contributed by atoms with Gasteiger partial charge in [-0.25, -0.2) is 0 Å². The second-order valence-electron chi connectivity index (χ2n) is 4.69. The van der Waals surface area contributed by atoms with E-state index in [1.807, 2.05) is 48.5 Å². The topological polar surface area (TPSA) is 26.3 Å². The fourth-order valence-electron chi connectivity index (χ4n) is 2.04. The molecular formula is C17H17BrO2. The first-order valence-electron chi connectivity index (χ1n) is 6.56. The van der Waals surface area contributed by atoms with Crippen molar-refractivity contribution in [1.82, 2.24) is 0 Å². The second-order valence-corrected chi connectivity index (χ2v) is 5.61. The van der Waals surface area contributed by atoms with Crippen LogP contribution in [0.1, 0.15) is 17.5 Å². The van der Waals surface area contributed by atoms with Crippen LogP contribution in [0.5, 0.6) is 5.75 Å². The Bertz CT molecular complexity index is 576. The Morgan fingerprint density at radius 1 is 1.10 bits per heavy atom. The molecule has 0 amide bonds. The van der Waals surface area contributed by atoms with Crippen LogP contribution in [0.15, 0.2) is 53.0 Å². The lowest BCUT2D eigenvalue weighted by atomic mass is 10.0. The highest BCUT2D eigenvalue weighted by atomic mass is 79.9. The highest BCUT2D eigenvalue weighted by molar-refractivity contribution is 9.10. The van der Waals surface area contributed by atoms with Gasteiger partial charge in [0.1, 0.15) is 11.5 Å². The van der Waals surface area contributed by atoms with Crippen LogP contribution < -0.4 is 4.74 Å². The van der Waals surface area contributed by atoms with Crippen LogP contribution in [0.4, 0.5) is 0 Å². The smallest absolute Gasteiger partial charge is 0.137 e. The minimum Gasteiger partial charge on any atom is -0.497 e. The standard InChI is InChI=1S/C17H17BrO2/c1-20-17-9-6-13(7-10-17)5-8-16(19)12-14-3-2-4-15(18)11-14/h2-4,6-7,9-11H,5,8,12H2,1H3. The van der Waals surface area contributed by atoms with Gasteiger partial charge in [-0.3, -0.25) is 4.79 Å². The molecule has 0 radical (unpaired) electrons. The molecule has 104 valence electrons. The highest BCUT2D eigenvalue weighted by Crippen LogP contribution is 2.15. The number of hydrogen-bond donors (Lipinski definition) is 0. The van der Waals surface area contributed by atoms with Crippen LogP contribution in [0.3, 0.4) is 0 Å². The average molecular weight is 333 g/mol. The predicted molar refractivity (Wildman–Crippen MR) is 84.2 cm³/mol. The van der Waals surface area contributed by atoms with E-state index in [0.717, 1.165) is 27.8 Å². The van der Waals surface area contributed by atoms with Crippen molar-refractivity contribution in [3.05, 3.63) is 64.1 Å². The quantitative estimate of drug-likeness (QED) is 0.792. The van der Waals surface area contributed by atoms with E-state index >= 15 is 0 Å². The molecule has 0 unspecified atom stereocenters. The zero-order valence-corrected chi connectivity index (χ0v) is 13.0. The molecule has 20 heavy (non-hydrogen) atoms. The third kappa shape index (κ3) is 4.49. The number of Topliss-reactive ketones (excluding diaryl/α,β-unsaturated/α-hetero) is 1. The molecule has 0 spiro atoms. The molecule has 2 nitrogen and oxygen atoms in total. The lowest BCUT2D eigenvalue weighted by Crippen LogP contribution is -2.04. The summed E-state index contributed by atoms with van der Waals surface area (Å²) < 4.78 is 6.13. The minimum atomic E-state index is 0.263. The van der Waals surface area contributed by atoms with E-state index in [1.165, 1.54) is 0 Å². The average Bonchev–Trinajstić information content (AvgIpc) is 2.46. The van der Waals surface area contributed by atoms with Crippen molar-refractivity contribution in [2.75, 3.05) is 7.11 Å². The SMILES string of the molecule is COc1ccc(CCC(=O)Cc2cccc(Br)c2)cc1. The summed E-state index contributed by atoms with van der Waals surface area (Å²) in [5.41, 5.74) is 2.22. The summed E-state index contributed by atoms with van der Waals surface area (Å²) in [5, 5.41) is 0. The van der Waals surface area contributed by atoms with Gasteiger partial charge in [-0.1, -0.05) is 40.2 Å². The number of methoxy groups -OCH3 is 1. The Morgan fingerprint density at radius 2 is 1.85 bits per heavy atom. The first kappa shape index (κ1) is 14.8. The summed E-state index contributed by atoms with van der Waals surface area (Å²) in [5.74, 6) is 1.10. The molecule has 0 saturated carbocycles. The van der Waals surface area contributed by atoms with E-state index in [4.69, 9.17) is 4.74 Å². The number of halogens is 1. The molecule has 2 aromatic carbocycles. The normalized spacial score (nSPS) is 10.3. The van der Waals surface area contributed by atoms with E-state index in [2.05, 4.69) is 15.9 Å². The summed E-state index contributed by atoms with van der Waals surface area (Å²) in [6.07, 6.45) is 1.84. The molecule has 2 rings (SSSR count). The lowest BCUT2D eigenvalue weighted by Gasteiger charge is -2.04. The van der Waals surface area contributed by atoms with Gasteiger partial charge < -0.3 is 4.74 Å². The van der Waals surface area contributed by atoms with Crippen molar-refractivity contribution in [1.29, 1.82) is 0 Å². The fourth-order valence-corrected chi connectivity index (χ4v) is 2.49. The van der Waals surface area contributed by atoms with E-state index in [9.17, 15) is 4.79 Å². The number of carbonyl (C=O) groups is 1. The number of hydrogen-bond acceptors (Lipinski definition) is 2. The van der Waals surface area contributed by atoms with Gasteiger partial charge in [0.15, 0.2) is 0 Å². The van der Waals surface area contributed by atoms with Gasteiger partial charge in [0.25, 0.3) is 0 Å². The van der Waals surface area contributed by atoms with Crippen molar-refractivity contribution in [3.8, 4) is 5.75 Å². The summed E-state index contributed by atoms with van der Waals surface area (Å²) in [6.45, 7) is 0. The molecular weight excluding hydrogens is 316 g/mol. The molecule has 0 fully saturated rings. The number of benzene rings is 2. The van der Waals surface area contributed by atoms with Crippen molar-refractivity contribution < 1.29 is 9.53 Å². The molecule has 0 aliphatic rings. The Kier molecular flexibility index (Phi) is 5.36. The molecule has 0 aliphatic carbocycles. The fraction of sp³-hybridized carbons (Fsp3) is 0.235. The van der Waals surface area contributed by atoms with Crippen LogP contribution >= 0.6 is 15.9 Å². The van der Waals surface area contributed by atoms with Crippen LogP contribution in [-0.2, 0) is 17.6 Å². The number of ketones is 1. The zero-order valence-electron chi connectivity index (χ0n) is 11.4. The highest BCUT2D eigenvalue weighted by Gasteiger charge is 2.05. The van der Waals surface area contributed by atoms with Crippen LogP contribution in [0, 0.1) is 0 Å². The molecule has 0 heterocycles. The third-order valence-corrected chi connectivity index (χ3v) is 3.64. The summed E-state index contributed by atoms with van der Waals surface area (Å²) in [6, 6.07) is 15.8. The molecule has 0 bridgehead atoms. The second kappa shape index (κ2) is 7.25. The Labute approximate surface area is 127 Å². The molecule has 0 aliphatic heterocycles. The molecule has 3 heteroatoms. The van der Waals surface area contributed by atoms with Crippen molar-refractivity contribution in [2.45, 2.75) is 19.3 Å². The maximum absolute atomic E-state index is 12.0. The maximum atomic E-state index is 12.0. The predicted octanol–water partition coefficient (Wildman–Crippen LogP) is 4.20. The maximum Gasteiger partial charge on any atom is 0.137 e. The van der Waals surface area contributed by atoms with Crippen molar-refractivity contribution in [2.24, 2.45) is 0 Å². The van der Waals surface area contributed by atoms with Crippen LogP contribution in [0.2, 0.25) is 0 Å². The first-order chi connectivity index (χ1) is 9.67. The van der Waals surface area contributed by atoms with Crippen molar-refractivity contribution >= 4 is 21.7 Å². The van der Waals surface area contributed by atoms with Crippen molar-refractivity contribution in [3.63, 3.8) is 0 Å². The Morgan fingerprint density at radius 3 is 2.50 bits per heavy atom. The first-order valence-corrected chi connectivity index (χ1v) is 7.36. The van der Waals surface area contributed by atoms with E-state index in [-0.39, 0.29) is 5.78 Å². The molecule has 0 aromatic heterocycles. The van der Waals surface area contributed by atoms with Gasteiger partial charge in [-0.2, -0.15) is 0 Å². The lowest BCUT2D eigenvalue weighted by molar-refractivity contribution is -0.118.